The predicted molar refractivity (Wildman–Crippen MR) is 137 cm³/mol. The van der Waals surface area contributed by atoms with Gasteiger partial charge in [0.25, 0.3) is 5.91 Å². The molecule has 0 bridgehead atoms. The van der Waals surface area contributed by atoms with Gasteiger partial charge in [-0.3, -0.25) is 10.1 Å². The van der Waals surface area contributed by atoms with E-state index < -0.39 is 0 Å². The Bertz CT molecular complexity index is 1480. The Morgan fingerprint density at radius 3 is 2.61 bits per heavy atom. The fraction of sp³-hybridized carbons (Fsp3) is 0.0417. The number of halogens is 1. The van der Waals surface area contributed by atoms with Gasteiger partial charge in [-0.1, -0.05) is 35.9 Å². The SMILES string of the molecule is COc1ccccc1-c1csc(NC(=O)c2sc3nc(-c4ccc(Cl)cc4)ccc3c2N)n1. The number of rotatable bonds is 5. The summed E-state index contributed by atoms with van der Waals surface area (Å²) >= 11 is 8.58. The Morgan fingerprint density at radius 1 is 1.03 bits per heavy atom. The van der Waals surface area contributed by atoms with Crippen molar-refractivity contribution in [3.63, 3.8) is 0 Å². The lowest BCUT2D eigenvalue weighted by atomic mass is 10.1. The number of thiophene rings is 1. The second-order valence-corrected chi connectivity index (χ2v) is 9.39. The molecule has 0 unspecified atom stereocenters. The largest absolute Gasteiger partial charge is 0.496 e. The highest BCUT2D eigenvalue weighted by Crippen LogP contribution is 2.36. The van der Waals surface area contributed by atoms with Crippen LogP contribution in [-0.4, -0.2) is 23.0 Å². The number of aromatic nitrogens is 2. The standard InChI is InChI=1S/C24H17ClN4O2S2/c1-31-19-5-3-2-4-15(19)18-12-32-24(28-18)29-22(30)21-20(26)16-10-11-17(27-23(16)33-21)13-6-8-14(25)9-7-13/h2-12H,26H2,1H3,(H,28,29,30). The number of nitrogens with two attached hydrogens (primary N) is 1. The van der Waals surface area contributed by atoms with Crippen molar-refractivity contribution >= 4 is 61.2 Å². The first kappa shape index (κ1) is 21.4. The lowest BCUT2D eigenvalue weighted by Gasteiger charge is -2.05. The minimum absolute atomic E-state index is 0.315. The fourth-order valence-electron chi connectivity index (χ4n) is 3.41. The molecule has 3 N–H and O–H groups in total. The number of pyridine rings is 1. The van der Waals surface area contributed by atoms with E-state index in [2.05, 4.69) is 10.3 Å². The number of nitrogen functional groups attached to an aromatic ring is 1. The van der Waals surface area contributed by atoms with Gasteiger partial charge in [0, 0.05) is 26.9 Å². The van der Waals surface area contributed by atoms with Crippen LogP contribution < -0.4 is 15.8 Å². The molecule has 5 aromatic rings. The zero-order valence-corrected chi connectivity index (χ0v) is 19.7. The molecule has 0 saturated carbocycles. The number of thiazole rings is 1. The maximum Gasteiger partial charge on any atom is 0.269 e. The number of hydrogen-bond donors (Lipinski definition) is 2. The number of methoxy groups -OCH3 is 1. The number of nitrogens with one attached hydrogen (secondary N) is 1. The fourth-order valence-corrected chi connectivity index (χ4v) is 5.23. The van der Waals surface area contributed by atoms with Crippen molar-refractivity contribution in [2.75, 3.05) is 18.2 Å². The number of ether oxygens (including phenoxy) is 1. The highest BCUT2D eigenvalue weighted by Gasteiger charge is 2.19. The molecule has 0 aliphatic heterocycles. The van der Waals surface area contributed by atoms with Crippen molar-refractivity contribution in [2.24, 2.45) is 0 Å². The molecular weight excluding hydrogens is 476 g/mol. The number of para-hydroxylation sites is 1. The van der Waals surface area contributed by atoms with Crippen LogP contribution in [0, 0.1) is 0 Å². The maximum absolute atomic E-state index is 13.0. The molecule has 0 saturated heterocycles. The normalized spacial score (nSPS) is 11.0. The molecule has 2 aromatic carbocycles. The summed E-state index contributed by atoms with van der Waals surface area (Å²) in [6.45, 7) is 0. The van der Waals surface area contributed by atoms with E-state index in [9.17, 15) is 4.79 Å². The molecule has 0 aliphatic carbocycles. The van der Waals surface area contributed by atoms with Crippen molar-refractivity contribution in [2.45, 2.75) is 0 Å². The molecular formula is C24H17ClN4O2S2. The second-order valence-electron chi connectivity index (χ2n) is 7.09. The summed E-state index contributed by atoms with van der Waals surface area (Å²) < 4.78 is 5.41. The van der Waals surface area contributed by atoms with Crippen molar-refractivity contribution < 1.29 is 9.53 Å². The van der Waals surface area contributed by atoms with E-state index in [1.54, 1.807) is 7.11 Å². The Kier molecular flexibility index (Phi) is 5.72. The summed E-state index contributed by atoms with van der Waals surface area (Å²) in [6.07, 6.45) is 0. The highest BCUT2D eigenvalue weighted by atomic mass is 35.5. The molecule has 3 heterocycles. The van der Waals surface area contributed by atoms with Crippen LogP contribution in [0.25, 0.3) is 32.7 Å². The quantitative estimate of drug-likeness (QED) is 0.289. The zero-order valence-electron chi connectivity index (χ0n) is 17.3. The summed E-state index contributed by atoms with van der Waals surface area (Å²) in [5, 5.41) is 6.62. The number of carbonyl (C=O) groups excluding carboxylic acids is 1. The Labute approximate surface area is 202 Å². The van der Waals surface area contributed by atoms with E-state index in [4.69, 9.17) is 27.1 Å². The van der Waals surface area contributed by atoms with Crippen LogP contribution in [0.5, 0.6) is 5.75 Å². The van der Waals surface area contributed by atoms with Gasteiger partial charge in [-0.25, -0.2) is 9.97 Å². The molecule has 164 valence electrons. The monoisotopic (exact) mass is 492 g/mol. The Morgan fingerprint density at radius 2 is 1.82 bits per heavy atom. The molecule has 9 heteroatoms. The third-order valence-corrected chi connectivity index (χ3v) is 7.17. The second kappa shape index (κ2) is 8.82. The minimum atomic E-state index is -0.315. The summed E-state index contributed by atoms with van der Waals surface area (Å²) in [4.78, 5) is 23.3. The van der Waals surface area contributed by atoms with E-state index in [1.807, 2.05) is 66.0 Å². The van der Waals surface area contributed by atoms with Gasteiger partial charge < -0.3 is 10.5 Å². The number of hydrogen-bond acceptors (Lipinski definition) is 7. The van der Waals surface area contributed by atoms with Crippen molar-refractivity contribution in [1.82, 2.24) is 9.97 Å². The van der Waals surface area contributed by atoms with E-state index >= 15 is 0 Å². The van der Waals surface area contributed by atoms with Crippen LogP contribution in [0.15, 0.2) is 66.0 Å². The minimum Gasteiger partial charge on any atom is -0.496 e. The molecule has 1 amide bonds. The van der Waals surface area contributed by atoms with E-state index in [0.29, 0.717) is 25.5 Å². The average molecular weight is 493 g/mol. The predicted octanol–water partition coefficient (Wildman–Crippen LogP) is 6.58. The van der Waals surface area contributed by atoms with Gasteiger partial charge >= 0.3 is 0 Å². The molecule has 0 spiro atoms. The first-order valence-corrected chi connectivity index (χ1v) is 12.0. The Hall–Kier alpha value is -3.46. The number of carbonyl (C=O) groups is 1. The van der Waals surface area contributed by atoms with Crippen LogP contribution in [0.3, 0.4) is 0 Å². The molecule has 33 heavy (non-hydrogen) atoms. The first-order valence-electron chi connectivity index (χ1n) is 9.88. The molecule has 3 aromatic heterocycles. The maximum atomic E-state index is 13.0. The van der Waals surface area contributed by atoms with E-state index in [0.717, 1.165) is 33.7 Å². The molecule has 0 fully saturated rings. The Balaban J connectivity index is 1.41. The summed E-state index contributed by atoms with van der Waals surface area (Å²) in [5.74, 6) is 0.404. The number of anilines is 2. The average Bonchev–Trinajstić information content (AvgIpc) is 3.43. The lowest BCUT2D eigenvalue weighted by Crippen LogP contribution is -2.11. The van der Waals surface area contributed by atoms with Crippen LogP contribution in [-0.2, 0) is 0 Å². The topological polar surface area (TPSA) is 90.1 Å². The molecule has 0 aliphatic rings. The van der Waals surface area contributed by atoms with Crippen LogP contribution in [0.4, 0.5) is 10.8 Å². The highest BCUT2D eigenvalue weighted by molar-refractivity contribution is 7.21. The van der Waals surface area contributed by atoms with Crippen molar-refractivity contribution in [3.8, 4) is 28.3 Å². The number of nitrogens with zero attached hydrogens (tertiary/aromatic N) is 2. The number of fused-ring (bicyclic) bond motifs is 1. The van der Waals surface area contributed by atoms with Gasteiger partial charge in [0.15, 0.2) is 5.13 Å². The third-order valence-electron chi connectivity index (χ3n) is 5.05. The van der Waals surface area contributed by atoms with Gasteiger partial charge in [-0.2, -0.15) is 0 Å². The van der Waals surface area contributed by atoms with Crippen LogP contribution in [0.1, 0.15) is 9.67 Å². The lowest BCUT2D eigenvalue weighted by molar-refractivity contribution is 0.103. The van der Waals surface area contributed by atoms with Crippen LogP contribution in [0.2, 0.25) is 5.02 Å². The number of benzene rings is 2. The van der Waals surface area contributed by atoms with Gasteiger partial charge in [-0.15, -0.1) is 22.7 Å². The van der Waals surface area contributed by atoms with Crippen molar-refractivity contribution in [1.29, 1.82) is 0 Å². The summed E-state index contributed by atoms with van der Waals surface area (Å²) in [6, 6.07) is 18.8. The van der Waals surface area contributed by atoms with E-state index in [1.165, 1.54) is 22.7 Å². The van der Waals surface area contributed by atoms with Gasteiger partial charge in [0.2, 0.25) is 0 Å². The summed E-state index contributed by atoms with van der Waals surface area (Å²) in [5.41, 5.74) is 10.0. The molecule has 6 nitrogen and oxygen atoms in total. The third kappa shape index (κ3) is 4.16. The van der Waals surface area contributed by atoms with Gasteiger partial charge in [-0.05, 0) is 36.4 Å². The van der Waals surface area contributed by atoms with Gasteiger partial charge in [0.05, 0.1) is 24.2 Å². The van der Waals surface area contributed by atoms with Crippen LogP contribution >= 0.6 is 34.3 Å². The van der Waals surface area contributed by atoms with Crippen molar-refractivity contribution in [3.05, 3.63) is 75.9 Å². The van der Waals surface area contributed by atoms with Gasteiger partial charge in [0.1, 0.15) is 15.5 Å². The van der Waals surface area contributed by atoms with E-state index in [-0.39, 0.29) is 5.91 Å². The summed E-state index contributed by atoms with van der Waals surface area (Å²) in [7, 11) is 1.62. The number of amides is 1. The zero-order chi connectivity index (χ0) is 22.9. The first-order chi connectivity index (χ1) is 16.0. The molecule has 0 radical (unpaired) electrons. The molecule has 0 atom stereocenters. The molecule has 5 rings (SSSR count). The smallest absolute Gasteiger partial charge is 0.269 e.